The standard InChI is InChI=1S/C8H5Cl2F2N3O/c9-4-1-5(11)7(12)3(6(4)10)2-14-15-8(13)16/h1-2H,(H3,13,15,16). The first-order valence-electron chi connectivity index (χ1n) is 3.85. The number of nitrogens with zero attached hydrogens (tertiary/aromatic N) is 1. The van der Waals surface area contributed by atoms with Gasteiger partial charge in [-0.3, -0.25) is 0 Å². The molecule has 8 heteroatoms. The average molecular weight is 268 g/mol. The number of benzene rings is 1. The SMILES string of the molecule is NC(=O)NN=Cc1c(F)c(F)cc(Cl)c1Cl. The van der Waals surface area contributed by atoms with E-state index in [-0.39, 0.29) is 15.6 Å². The minimum Gasteiger partial charge on any atom is -0.350 e. The summed E-state index contributed by atoms with van der Waals surface area (Å²) >= 11 is 11.1. The molecule has 1 rings (SSSR count). The van der Waals surface area contributed by atoms with Gasteiger partial charge in [-0.1, -0.05) is 23.2 Å². The van der Waals surface area contributed by atoms with Crippen molar-refractivity contribution in [1.29, 1.82) is 0 Å². The van der Waals surface area contributed by atoms with Gasteiger partial charge in [-0.15, -0.1) is 0 Å². The van der Waals surface area contributed by atoms with E-state index >= 15 is 0 Å². The molecule has 0 spiro atoms. The van der Waals surface area contributed by atoms with Crippen LogP contribution in [-0.2, 0) is 0 Å². The van der Waals surface area contributed by atoms with Gasteiger partial charge in [0.05, 0.1) is 21.8 Å². The van der Waals surface area contributed by atoms with Gasteiger partial charge < -0.3 is 5.73 Å². The minimum absolute atomic E-state index is 0.166. The van der Waals surface area contributed by atoms with Gasteiger partial charge in [0.1, 0.15) is 0 Å². The topological polar surface area (TPSA) is 67.5 Å². The number of urea groups is 1. The molecule has 3 N–H and O–H groups in total. The third-order valence-corrected chi connectivity index (χ3v) is 2.32. The Morgan fingerprint density at radius 2 is 2.12 bits per heavy atom. The number of rotatable bonds is 2. The molecule has 0 saturated heterocycles. The van der Waals surface area contributed by atoms with Gasteiger partial charge in [-0.05, 0) is 6.07 Å². The van der Waals surface area contributed by atoms with Crippen molar-refractivity contribution in [1.82, 2.24) is 5.43 Å². The van der Waals surface area contributed by atoms with Crippen molar-refractivity contribution < 1.29 is 13.6 Å². The molecule has 16 heavy (non-hydrogen) atoms. The van der Waals surface area contributed by atoms with Crippen molar-refractivity contribution in [3.8, 4) is 0 Å². The second-order valence-electron chi connectivity index (χ2n) is 2.62. The molecule has 1 aromatic rings. The van der Waals surface area contributed by atoms with Crippen LogP contribution in [0.15, 0.2) is 11.2 Å². The number of hydrazone groups is 1. The minimum atomic E-state index is -1.22. The Balaban J connectivity index is 3.12. The van der Waals surface area contributed by atoms with Gasteiger partial charge in [-0.2, -0.15) is 5.10 Å². The first kappa shape index (κ1) is 12.7. The Labute approximate surface area is 99.0 Å². The predicted octanol–water partition coefficient (Wildman–Crippen LogP) is 2.27. The van der Waals surface area contributed by atoms with Gasteiger partial charge in [-0.25, -0.2) is 19.0 Å². The average Bonchev–Trinajstić information content (AvgIpc) is 2.20. The second-order valence-corrected chi connectivity index (χ2v) is 3.40. The maximum absolute atomic E-state index is 13.2. The number of primary amides is 1. The third-order valence-electron chi connectivity index (χ3n) is 1.51. The summed E-state index contributed by atoms with van der Waals surface area (Å²) in [6.07, 6.45) is 0.803. The van der Waals surface area contributed by atoms with Crippen LogP contribution in [0.5, 0.6) is 0 Å². The fraction of sp³-hybridized carbons (Fsp3) is 0. The molecule has 0 saturated carbocycles. The molecule has 86 valence electrons. The van der Waals surface area contributed by atoms with E-state index in [2.05, 4.69) is 5.10 Å². The molecule has 4 nitrogen and oxygen atoms in total. The fourth-order valence-corrected chi connectivity index (χ4v) is 1.25. The van der Waals surface area contributed by atoms with E-state index in [1.54, 1.807) is 5.43 Å². The lowest BCUT2D eigenvalue weighted by atomic mass is 10.2. The molecule has 0 atom stereocenters. The van der Waals surface area contributed by atoms with Crippen LogP contribution in [0.25, 0.3) is 0 Å². The molecule has 0 fully saturated rings. The highest BCUT2D eigenvalue weighted by Crippen LogP contribution is 2.28. The van der Waals surface area contributed by atoms with E-state index in [1.165, 1.54) is 0 Å². The molecular weight excluding hydrogens is 263 g/mol. The zero-order chi connectivity index (χ0) is 12.3. The Morgan fingerprint density at radius 3 is 2.69 bits per heavy atom. The summed E-state index contributed by atoms with van der Waals surface area (Å²) in [5.74, 6) is -2.39. The molecule has 1 aromatic carbocycles. The molecular formula is C8H5Cl2F2N3O. The number of halogens is 4. The maximum atomic E-state index is 13.2. The lowest BCUT2D eigenvalue weighted by Crippen LogP contribution is -2.24. The van der Waals surface area contributed by atoms with Crippen LogP contribution in [0.2, 0.25) is 10.0 Å². The van der Waals surface area contributed by atoms with E-state index in [0.717, 1.165) is 12.3 Å². The lowest BCUT2D eigenvalue weighted by molar-refractivity contribution is 0.249. The molecule has 0 heterocycles. The third kappa shape index (κ3) is 2.80. The molecule has 0 aromatic heterocycles. The number of nitrogens with two attached hydrogens (primary N) is 1. The van der Waals surface area contributed by atoms with E-state index in [9.17, 15) is 13.6 Å². The van der Waals surface area contributed by atoms with Gasteiger partial charge in [0.15, 0.2) is 11.6 Å². The predicted molar refractivity (Wildman–Crippen MR) is 56.7 cm³/mol. The highest BCUT2D eigenvalue weighted by Gasteiger charge is 2.14. The number of amides is 2. The second kappa shape index (κ2) is 5.09. The zero-order valence-corrected chi connectivity index (χ0v) is 9.11. The van der Waals surface area contributed by atoms with Crippen molar-refractivity contribution in [2.75, 3.05) is 0 Å². The molecule has 0 bridgehead atoms. The van der Waals surface area contributed by atoms with Crippen LogP contribution in [-0.4, -0.2) is 12.2 Å². The van der Waals surface area contributed by atoms with Crippen molar-refractivity contribution in [2.45, 2.75) is 0 Å². The molecule has 0 radical (unpaired) electrons. The highest BCUT2D eigenvalue weighted by atomic mass is 35.5. The maximum Gasteiger partial charge on any atom is 0.332 e. The van der Waals surface area contributed by atoms with E-state index < -0.39 is 17.7 Å². The number of nitrogens with one attached hydrogen (secondary N) is 1. The molecule has 0 aliphatic carbocycles. The van der Waals surface area contributed by atoms with Crippen LogP contribution in [0.1, 0.15) is 5.56 Å². The summed E-state index contributed by atoms with van der Waals surface area (Å²) in [7, 11) is 0. The van der Waals surface area contributed by atoms with Crippen LogP contribution in [0, 0.1) is 11.6 Å². The summed E-state index contributed by atoms with van der Waals surface area (Å²) in [4.78, 5) is 10.3. The summed E-state index contributed by atoms with van der Waals surface area (Å²) in [5.41, 5.74) is 6.13. The first-order valence-corrected chi connectivity index (χ1v) is 4.60. The largest absolute Gasteiger partial charge is 0.350 e. The van der Waals surface area contributed by atoms with Gasteiger partial charge in [0, 0.05) is 0 Å². The van der Waals surface area contributed by atoms with Gasteiger partial charge in [0.2, 0.25) is 0 Å². The highest BCUT2D eigenvalue weighted by molar-refractivity contribution is 6.43. The summed E-state index contributed by atoms with van der Waals surface area (Å²) in [5, 5.41) is 2.87. The van der Waals surface area contributed by atoms with Crippen molar-refractivity contribution in [3.63, 3.8) is 0 Å². The van der Waals surface area contributed by atoms with Crippen molar-refractivity contribution in [3.05, 3.63) is 33.3 Å². The smallest absolute Gasteiger partial charge is 0.332 e. The Hall–Kier alpha value is -1.40. The number of carbonyl (C=O) groups is 1. The van der Waals surface area contributed by atoms with E-state index in [0.29, 0.717) is 0 Å². The van der Waals surface area contributed by atoms with E-state index in [4.69, 9.17) is 28.9 Å². The molecule has 0 unspecified atom stereocenters. The first-order chi connectivity index (χ1) is 7.43. The fourth-order valence-electron chi connectivity index (χ4n) is 0.865. The zero-order valence-electron chi connectivity index (χ0n) is 7.60. The molecule has 0 aliphatic rings. The Bertz CT molecular complexity index is 439. The summed E-state index contributed by atoms with van der Waals surface area (Å²) in [6, 6.07) is -0.215. The number of hydrogen-bond donors (Lipinski definition) is 2. The Kier molecular flexibility index (Phi) is 4.03. The van der Waals surface area contributed by atoms with Crippen LogP contribution in [0.3, 0.4) is 0 Å². The lowest BCUT2D eigenvalue weighted by Gasteiger charge is -2.03. The molecule has 2 amide bonds. The molecule has 0 aliphatic heterocycles. The van der Waals surface area contributed by atoms with Crippen LogP contribution >= 0.6 is 23.2 Å². The Morgan fingerprint density at radius 1 is 1.50 bits per heavy atom. The van der Waals surface area contributed by atoms with Crippen molar-refractivity contribution >= 4 is 35.4 Å². The quantitative estimate of drug-likeness (QED) is 0.482. The normalized spacial score (nSPS) is 10.8. The summed E-state index contributed by atoms with van der Waals surface area (Å²) < 4.78 is 26.1. The van der Waals surface area contributed by atoms with Gasteiger partial charge in [0.25, 0.3) is 0 Å². The van der Waals surface area contributed by atoms with Crippen LogP contribution in [0.4, 0.5) is 13.6 Å². The number of hydrogen-bond acceptors (Lipinski definition) is 2. The number of carbonyl (C=O) groups excluding carboxylic acids is 1. The van der Waals surface area contributed by atoms with Crippen molar-refractivity contribution in [2.24, 2.45) is 10.8 Å². The van der Waals surface area contributed by atoms with Crippen LogP contribution < -0.4 is 11.2 Å². The summed E-state index contributed by atoms with van der Waals surface area (Å²) in [6.45, 7) is 0. The monoisotopic (exact) mass is 267 g/mol. The van der Waals surface area contributed by atoms with E-state index in [1.807, 2.05) is 0 Å². The van der Waals surface area contributed by atoms with Gasteiger partial charge >= 0.3 is 6.03 Å².